The van der Waals surface area contributed by atoms with Gasteiger partial charge in [-0.15, -0.1) is 0 Å². The Morgan fingerprint density at radius 3 is 2.41 bits per heavy atom. The fourth-order valence-electron chi connectivity index (χ4n) is 1.15. The summed E-state index contributed by atoms with van der Waals surface area (Å²) in [6, 6.07) is 2.11. The first-order chi connectivity index (χ1) is 7.77. The molecule has 0 fully saturated rings. The van der Waals surface area contributed by atoms with Gasteiger partial charge in [0.05, 0.1) is 12.5 Å². The minimum atomic E-state index is -4.93. The van der Waals surface area contributed by atoms with E-state index in [1.165, 1.54) is 6.07 Å². The fourth-order valence-corrected chi connectivity index (χ4v) is 1.42. The summed E-state index contributed by atoms with van der Waals surface area (Å²) in [5.41, 5.74) is -3.20. The molecule has 1 aromatic rings. The molecule has 0 saturated carbocycles. The van der Waals surface area contributed by atoms with Crippen molar-refractivity contribution in [1.29, 1.82) is 5.26 Å². The molecule has 0 amide bonds. The Morgan fingerprint density at radius 1 is 1.41 bits per heavy atom. The van der Waals surface area contributed by atoms with Crippen molar-refractivity contribution in [2.24, 2.45) is 0 Å². The van der Waals surface area contributed by atoms with E-state index in [0.717, 1.165) is 0 Å². The lowest BCUT2D eigenvalue weighted by Gasteiger charge is -2.13. The molecule has 0 saturated heterocycles. The monoisotopic (exact) mass is 270 g/mol. The number of halogens is 6. The van der Waals surface area contributed by atoms with Crippen LogP contribution in [0.25, 0.3) is 0 Å². The predicted octanol–water partition coefficient (Wildman–Crippen LogP) is 3.76. The van der Waals surface area contributed by atoms with Crippen LogP contribution in [0.2, 0.25) is 5.02 Å². The summed E-state index contributed by atoms with van der Waals surface area (Å²) in [7, 11) is 0. The molecule has 0 aromatic carbocycles. The van der Waals surface area contributed by atoms with E-state index in [9.17, 15) is 22.0 Å². The maximum absolute atomic E-state index is 12.5. The van der Waals surface area contributed by atoms with Gasteiger partial charge in [-0.1, -0.05) is 11.6 Å². The number of alkyl halides is 5. The number of pyridine rings is 1. The maximum atomic E-state index is 12.5. The zero-order valence-electron chi connectivity index (χ0n) is 8.02. The molecule has 1 aromatic heterocycles. The Balaban J connectivity index is 3.46. The van der Waals surface area contributed by atoms with E-state index >= 15 is 0 Å². The summed E-state index contributed by atoms with van der Waals surface area (Å²) in [5, 5.41) is 7.82. The SMILES string of the molecule is N#CCc1c(Cl)cc(C(F)F)nc1C(F)(F)F. The average molecular weight is 271 g/mol. The number of aromatic nitrogens is 1. The van der Waals surface area contributed by atoms with Crippen LogP contribution in [0.3, 0.4) is 0 Å². The number of nitrogens with zero attached hydrogens (tertiary/aromatic N) is 2. The zero-order valence-corrected chi connectivity index (χ0v) is 8.78. The highest BCUT2D eigenvalue weighted by atomic mass is 35.5. The lowest BCUT2D eigenvalue weighted by Crippen LogP contribution is -2.14. The van der Waals surface area contributed by atoms with Crippen LogP contribution in [0.4, 0.5) is 22.0 Å². The Hall–Kier alpha value is -1.42. The molecule has 0 aliphatic heterocycles. The smallest absolute Gasteiger partial charge is 0.242 e. The van der Waals surface area contributed by atoms with Crippen molar-refractivity contribution < 1.29 is 22.0 Å². The van der Waals surface area contributed by atoms with Crippen molar-refractivity contribution in [3.63, 3.8) is 0 Å². The average Bonchev–Trinajstić information content (AvgIpc) is 2.18. The highest BCUT2D eigenvalue weighted by Crippen LogP contribution is 2.35. The van der Waals surface area contributed by atoms with Gasteiger partial charge in [0.15, 0.2) is 5.69 Å². The van der Waals surface area contributed by atoms with Crippen molar-refractivity contribution >= 4 is 11.6 Å². The number of hydrogen-bond acceptors (Lipinski definition) is 2. The van der Waals surface area contributed by atoms with Gasteiger partial charge in [0.25, 0.3) is 6.43 Å². The van der Waals surface area contributed by atoms with Crippen molar-refractivity contribution in [2.75, 3.05) is 0 Å². The highest BCUT2D eigenvalue weighted by Gasteiger charge is 2.37. The van der Waals surface area contributed by atoms with Gasteiger partial charge in [-0.3, -0.25) is 0 Å². The minimum Gasteiger partial charge on any atom is -0.242 e. The second-order valence-electron chi connectivity index (χ2n) is 2.99. The van der Waals surface area contributed by atoms with Gasteiger partial charge in [-0.25, -0.2) is 13.8 Å². The summed E-state index contributed by atoms with van der Waals surface area (Å²) in [4.78, 5) is 2.81. The summed E-state index contributed by atoms with van der Waals surface area (Å²) in [6.45, 7) is 0. The molecule has 0 spiro atoms. The molecule has 0 aliphatic rings. The van der Waals surface area contributed by atoms with Crippen LogP contribution in [0.15, 0.2) is 6.07 Å². The number of rotatable bonds is 2. The van der Waals surface area contributed by atoms with Crippen LogP contribution >= 0.6 is 11.6 Å². The fraction of sp³-hybridized carbons (Fsp3) is 0.333. The standard InChI is InChI=1S/C9H4ClF5N2/c10-5-3-6(8(11)12)17-7(9(13,14)15)4(5)1-2-16/h3,8H,1H2. The molecular formula is C9H4ClF5N2. The van der Waals surface area contributed by atoms with Gasteiger partial charge in [-0.05, 0) is 6.07 Å². The van der Waals surface area contributed by atoms with Gasteiger partial charge in [0.2, 0.25) is 0 Å². The summed E-state index contributed by atoms with van der Waals surface area (Å²) in [5.74, 6) is 0. The molecular weight excluding hydrogens is 267 g/mol. The Labute approximate surface area is 97.6 Å². The lowest BCUT2D eigenvalue weighted by molar-refractivity contribution is -0.142. The van der Waals surface area contributed by atoms with E-state index in [1.807, 2.05) is 0 Å². The van der Waals surface area contributed by atoms with Crippen LogP contribution in [0, 0.1) is 11.3 Å². The van der Waals surface area contributed by atoms with Crippen LogP contribution in [0.5, 0.6) is 0 Å². The van der Waals surface area contributed by atoms with E-state index in [4.69, 9.17) is 16.9 Å². The molecule has 1 heterocycles. The van der Waals surface area contributed by atoms with Crippen molar-refractivity contribution in [3.8, 4) is 6.07 Å². The normalized spacial score (nSPS) is 11.6. The van der Waals surface area contributed by atoms with Crippen LogP contribution in [-0.2, 0) is 12.6 Å². The third-order valence-electron chi connectivity index (χ3n) is 1.84. The first-order valence-electron chi connectivity index (χ1n) is 4.19. The lowest BCUT2D eigenvalue weighted by atomic mass is 10.1. The molecule has 0 atom stereocenters. The second kappa shape index (κ2) is 4.84. The first-order valence-corrected chi connectivity index (χ1v) is 4.56. The van der Waals surface area contributed by atoms with Crippen LogP contribution in [0.1, 0.15) is 23.4 Å². The topological polar surface area (TPSA) is 36.7 Å². The third-order valence-corrected chi connectivity index (χ3v) is 2.17. The van der Waals surface area contributed by atoms with Gasteiger partial charge < -0.3 is 0 Å². The quantitative estimate of drug-likeness (QED) is 0.767. The maximum Gasteiger partial charge on any atom is 0.433 e. The van der Waals surface area contributed by atoms with Crippen molar-refractivity contribution in [3.05, 3.63) is 28.0 Å². The Morgan fingerprint density at radius 2 is 2.00 bits per heavy atom. The van der Waals surface area contributed by atoms with Gasteiger partial charge in [0.1, 0.15) is 5.69 Å². The van der Waals surface area contributed by atoms with E-state index in [1.54, 1.807) is 0 Å². The predicted molar refractivity (Wildman–Crippen MR) is 48.5 cm³/mol. The van der Waals surface area contributed by atoms with E-state index < -0.39 is 41.0 Å². The Kier molecular flexibility index (Phi) is 3.88. The van der Waals surface area contributed by atoms with Crippen molar-refractivity contribution in [2.45, 2.75) is 19.0 Å². The van der Waals surface area contributed by atoms with Crippen molar-refractivity contribution in [1.82, 2.24) is 4.98 Å². The molecule has 0 bridgehead atoms. The molecule has 2 nitrogen and oxygen atoms in total. The first kappa shape index (κ1) is 13.6. The van der Waals surface area contributed by atoms with Crippen LogP contribution < -0.4 is 0 Å². The number of nitriles is 1. The van der Waals surface area contributed by atoms with E-state index in [0.29, 0.717) is 6.07 Å². The van der Waals surface area contributed by atoms with Gasteiger partial charge in [-0.2, -0.15) is 18.4 Å². The second-order valence-corrected chi connectivity index (χ2v) is 3.40. The largest absolute Gasteiger partial charge is 0.433 e. The Bertz CT molecular complexity index is 464. The molecule has 0 radical (unpaired) electrons. The molecule has 0 unspecified atom stereocenters. The molecule has 92 valence electrons. The van der Waals surface area contributed by atoms with Crippen LogP contribution in [-0.4, -0.2) is 4.98 Å². The van der Waals surface area contributed by atoms with E-state index in [-0.39, 0.29) is 0 Å². The van der Waals surface area contributed by atoms with Gasteiger partial charge >= 0.3 is 6.18 Å². The molecule has 8 heteroatoms. The summed E-state index contributed by atoms with van der Waals surface area (Å²) < 4.78 is 62.1. The molecule has 0 aliphatic carbocycles. The summed E-state index contributed by atoms with van der Waals surface area (Å²) >= 11 is 5.44. The highest BCUT2D eigenvalue weighted by molar-refractivity contribution is 6.31. The third kappa shape index (κ3) is 3.03. The molecule has 1 rings (SSSR count). The molecule has 17 heavy (non-hydrogen) atoms. The van der Waals surface area contributed by atoms with E-state index in [2.05, 4.69) is 4.98 Å². The minimum absolute atomic E-state index is 0.538. The number of hydrogen-bond donors (Lipinski definition) is 0. The zero-order chi connectivity index (χ0) is 13.2. The summed E-state index contributed by atoms with van der Waals surface area (Å²) in [6.07, 6.45) is -8.74. The van der Waals surface area contributed by atoms with Gasteiger partial charge in [0, 0.05) is 10.6 Å². The molecule has 0 N–H and O–H groups in total.